The van der Waals surface area contributed by atoms with Crippen molar-refractivity contribution in [1.82, 2.24) is 9.80 Å². The number of nitro groups is 1. The molecule has 3 rings (SSSR count). The van der Waals surface area contributed by atoms with Crippen LogP contribution in [0.4, 0.5) is 10.1 Å². The van der Waals surface area contributed by atoms with Crippen molar-refractivity contribution < 1.29 is 18.9 Å². The lowest BCUT2D eigenvalue weighted by atomic mass is 9.88. The fraction of sp³-hybridized carbons (Fsp3) is 0.556. The number of rotatable bonds is 3. The minimum Gasteiger partial charge on any atom is -0.339 e. The summed E-state index contributed by atoms with van der Waals surface area (Å²) >= 11 is 0. The average molecular weight is 363 g/mol. The van der Waals surface area contributed by atoms with Crippen molar-refractivity contribution in [2.24, 2.45) is 5.92 Å². The molecule has 0 bridgehead atoms. The Morgan fingerprint density at radius 3 is 2.27 bits per heavy atom. The number of benzene rings is 1. The molecule has 1 aliphatic carbocycles. The summed E-state index contributed by atoms with van der Waals surface area (Å²) in [4.78, 5) is 38.5. The molecule has 140 valence electrons. The molecule has 1 aromatic carbocycles. The van der Waals surface area contributed by atoms with Crippen LogP contribution >= 0.6 is 0 Å². The molecule has 1 saturated heterocycles. The maximum Gasteiger partial charge on any atom is 0.270 e. The third-order valence-electron chi connectivity index (χ3n) is 5.22. The molecule has 7 nitrogen and oxygen atoms in total. The van der Waals surface area contributed by atoms with Crippen LogP contribution in [-0.4, -0.2) is 52.7 Å². The third kappa shape index (κ3) is 3.84. The summed E-state index contributed by atoms with van der Waals surface area (Å²) in [6.07, 6.45) is 5.20. The van der Waals surface area contributed by atoms with Crippen molar-refractivity contribution in [3.8, 4) is 0 Å². The summed E-state index contributed by atoms with van der Waals surface area (Å²) in [5.74, 6) is -1.11. The van der Waals surface area contributed by atoms with Crippen LogP contribution in [0.15, 0.2) is 18.2 Å². The quantitative estimate of drug-likeness (QED) is 0.610. The Hall–Kier alpha value is -2.51. The van der Waals surface area contributed by atoms with Gasteiger partial charge in [-0.2, -0.15) is 0 Å². The van der Waals surface area contributed by atoms with E-state index in [2.05, 4.69) is 0 Å². The number of nitrogens with zero attached hydrogens (tertiary/aromatic N) is 3. The van der Waals surface area contributed by atoms with Crippen LogP contribution in [0.25, 0.3) is 0 Å². The van der Waals surface area contributed by atoms with E-state index in [1.54, 1.807) is 4.90 Å². The van der Waals surface area contributed by atoms with Gasteiger partial charge in [0, 0.05) is 44.2 Å². The summed E-state index contributed by atoms with van der Waals surface area (Å²) in [6, 6.07) is 2.94. The van der Waals surface area contributed by atoms with E-state index in [0.717, 1.165) is 43.9 Å². The molecular weight excluding hydrogens is 341 g/mol. The van der Waals surface area contributed by atoms with Crippen molar-refractivity contribution in [2.45, 2.75) is 32.1 Å². The number of halogens is 1. The second kappa shape index (κ2) is 7.80. The lowest BCUT2D eigenvalue weighted by Gasteiger charge is -2.37. The van der Waals surface area contributed by atoms with Crippen molar-refractivity contribution in [2.75, 3.05) is 26.2 Å². The standard InChI is InChI=1S/C18H22FN3O4/c19-16-7-6-14(22(25)26)12-15(16)18(24)21-10-8-20(9-11-21)17(23)13-4-2-1-3-5-13/h6-7,12-13H,1-5,8-11H2. The van der Waals surface area contributed by atoms with E-state index < -0.39 is 16.6 Å². The zero-order chi connectivity index (χ0) is 18.7. The summed E-state index contributed by atoms with van der Waals surface area (Å²) in [5.41, 5.74) is -0.618. The van der Waals surface area contributed by atoms with Gasteiger partial charge in [0.1, 0.15) is 5.82 Å². The van der Waals surface area contributed by atoms with Crippen molar-refractivity contribution >= 4 is 17.5 Å². The lowest BCUT2D eigenvalue weighted by molar-refractivity contribution is -0.384. The van der Waals surface area contributed by atoms with Gasteiger partial charge in [0.15, 0.2) is 0 Å². The van der Waals surface area contributed by atoms with Gasteiger partial charge in [0.05, 0.1) is 10.5 Å². The number of carbonyl (C=O) groups is 2. The first-order valence-electron chi connectivity index (χ1n) is 8.99. The van der Waals surface area contributed by atoms with Gasteiger partial charge in [-0.05, 0) is 18.9 Å². The third-order valence-corrected chi connectivity index (χ3v) is 5.22. The molecule has 0 unspecified atom stereocenters. The fourth-order valence-electron chi connectivity index (χ4n) is 3.70. The van der Waals surface area contributed by atoms with Gasteiger partial charge in [-0.1, -0.05) is 19.3 Å². The van der Waals surface area contributed by atoms with Gasteiger partial charge in [-0.25, -0.2) is 4.39 Å². The number of carbonyl (C=O) groups excluding carboxylic acids is 2. The predicted octanol–water partition coefficient (Wildman–Crippen LogP) is 2.60. The maximum atomic E-state index is 14.0. The second-order valence-electron chi connectivity index (χ2n) is 6.87. The van der Waals surface area contributed by atoms with Gasteiger partial charge < -0.3 is 9.80 Å². The van der Waals surface area contributed by atoms with Gasteiger partial charge in [-0.3, -0.25) is 19.7 Å². The fourth-order valence-corrected chi connectivity index (χ4v) is 3.70. The van der Waals surface area contributed by atoms with Crippen LogP contribution in [0.1, 0.15) is 42.5 Å². The van der Waals surface area contributed by atoms with Gasteiger partial charge in [0.25, 0.3) is 11.6 Å². The summed E-state index contributed by atoms with van der Waals surface area (Å²) in [6.45, 7) is 1.44. The Labute approximate surface area is 150 Å². The molecule has 0 aromatic heterocycles. The molecule has 1 aliphatic heterocycles. The molecular formula is C18H22FN3O4. The molecule has 0 atom stereocenters. The highest BCUT2D eigenvalue weighted by molar-refractivity contribution is 5.95. The summed E-state index contributed by atoms with van der Waals surface area (Å²) in [7, 11) is 0. The number of nitro benzene ring substituents is 1. The first kappa shape index (κ1) is 18.3. The van der Waals surface area contributed by atoms with E-state index in [-0.39, 0.29) is 23.1 Å². The normalized spacial score (nSPS) is 18.7. The van der Waals surface area contributed by atoms with Gasteiger partial charge >= 0.3 is 0 Å². The van der Waals surface area contributed by atoms with Crippen molar-refractivity contribution in [3.63, 3.8) is 0 Å². The van der Waals surface area contributed by atoms with Crippen molar-refractivity contribution in [3.05, 3.63) is 39.7 Å². The minimum atomic E-state index is -0.777. The number of amides is 2. The van der Waals surface area contributed by atoms with E-state index in [9.17, 15) is 24.1 Å². The smallest absolute Gasteiger partial charge is 0.270 e. The molecule has 2 aliphatic rings. The zero-order valence-corrected chi connectivity index (χ0v) is 14.5. The number of piperazine rings is 1. The van der Waals surface area contributed by atoms with Crippen LogP contribution in [-0.2, 0) is 4.79 Å². The highest BCUT2D eigenvalue weighted by Crippen LogP contribution is 2.26. The molecule has 0 spiro atoms. The zero-order valence-electron chi connectivity index (χ0n) is 14.5. The second-order valence-corrected chi connectivity index (χ2v) is 6.87. The highest BCUT2D eigenvalue weighted by Gasteiger charge is 2.31. The van der Waals surface area contributed by atoms with Crippen LogP contribution < -0.4 is 0 Å². The SMILES string of the molecule is O=C(c1cc([N+](=O)[O-])ccc1F)N1CCN(C(=O)C2CCCCC2)CC1. The van der Waals surface area contributed by atoms with E-state index >= 15 is 0 Å². The Bertz CT molecular complexity index is 710. The molecule has 2 fully saturated rings. The number of hydrogen-bond acceptors (Lipinski definition) is 4. The molecule has 2 amide bonds. The van der Waals surface area contributed by atoms with Crippen LogP contribution in [0.5, 0.6) is 0 Å². The Balaban J connectivity index is 1.62. The van der Waals surface area contributed by atoms with Gasteiger partial charge in [0.2, 0.25) is 5.91 Å². The number of hydrogen-bond donors (Lipinski definition) is 0. The van der Waals surface area contributed by atoms with Crippen LogP contribution in [0, 0.1) is 21.8 Å². The molecule has 26 heavy (non-hydrogen) atoms. The molecule has 8 heteroatoms. The average Bonchev–Trinajstić information content (AvgIpc) is 2.68. The Kier molecular flexibility index (Phi) is 5.49. The summed E-state index contributed by atoms with van der Waals surface area (Å²) < 4.78 is 14.0. The molecule has 1 heterocycles. The predicted molar refractivity (Wildman–Crippen MR) is 92.1 cm³/mol. The first-order valence-corrected chi connectivity index (χ1v) is 8.99. The highest BCUT2D eigenvalue weighted by atomic mass is 19.1. The molecule has 1 aromatic rings. The van der Waals surface area contributed by atoms with Gasteiger partial charge in [-0.15, -0.1) is 0 Å². The topological polar surface area (TPSA) is 83.8 Å². The molecule has 1 saturated carbocycles. The van der Waals surface area contributed by atoms with E-state index in [1.165, 1.54) is 11.3 Å². The van der Waals surface area contributed by atoms with E-state index in [0.29, 0.717) is 26.2 Å². The van der Waals surface area contributed by atoms with Crippen LogP contribution in [0.3, 0.4) is 0 Å². The monoisotopic (exact) mass is 363 g/mol. The summed E-state index contributed by atoms with van der Waals surface area (Å²) in [5, 5.41) is 10.8. The molecule has 0 radical (unpaired) electrons. The Morgan fingerprint density at radius 1 is 1.04 bits per heavy atom. The number of non-ortho nitro benzene ring substituents is 1. The lowest BCUT2D eigenvalue weighted by Crippen LogP contribution is -2.52. The van der Waals surface area contributed by atoms with E-state index in [1.807, 2.05) is 0 Å². The maximum absolute atomic E-state index is 14.0. The first-order chi connectivity index (χ1) is 12.5. The molecule has 0 N–H and O–H groups in total. The minimum absolute atomic E-state index is 0.0835. The Morgan fingerprint density at radius 2 is 1.65 bits per heavy atom. The van der Waals surface area contributed by atoms with Crippen molar-refractivity contribution in [1.29, 1.82) is 0 Å². The van der Waals surface area contributed by atoms with E-state index in [4.69, 9.17) is 0 Å². The van der Waals surface area contributed by atoms with Crippen LogP contribution in [0.2, 0.25) is 0 Å². The largest absolute Gasteiger partial charge is 0.339 e.